The number of ether oxygens (including phenoxy) is 2. The van der Waals surface area contributed by atoms with Crippen LogP contribution in [0.1, 0.15) is 45.7 Å². The predicted octanol–water partition coefficient (Wildman–Crippen LogP) is 3.51. The Balaban J connectivity index is 1.59. The van der Waals surface area contributed by atoms with E-state index < -0.39 is 5.82 Å². The average Bonchev–Trinajstić information content (AvgIpc) is 3.15. The van der Waals surface area contributed by atoms with Crippen LogP contribution in [-0.4, -0.2) is 41.7 Å². The fraction of sp³-hybridized carbons (Fsp3) is 0.500. The number of anilines is 1. The Kier molecular flexibility index (Phi) is 7.07. The van der Waals surface area contributed by atoms with Gasteiger partial charge in [-0.1, -0.05) is 26.0 Å². The van der Waals surface area contributed by atoms with Gasteiger partial charge in [0.2, 0.25) is 5.91 Å². The molecule has 0 bridgehead atoms. The summed E-state index contributed by atoms with van der Waals surface area (Å²) in [7, 11) is 0. The van der Waals surface area contributed by atoms with Crippen LogP contribution in [0.4, 0.5) is 10.2 Å². The van der Waals surface area contributed by atoms with Gasteiger partial charge in [-0.3, -0.25) is 4.79 Å². The van der Waals surface area contributed by atoms with Gasteiger partial charge >= 0.3 is 6.01 Å². The van der Waals surface area contributed by atoms with E-state index in [4.69, 9.17) is 9.47 Å². The van der Waals surface area contributed by atoms with Crippen LogP contribution in [-0.2, 0) is 4.79 Å². The standard InChI is InChI=1S/C22H29FN4O3/c1-14(2)13-29-22-24-11-20(23)21(26-22)27-10-9-19(12-27)30-18-7-5-17(6-8-18)15(3)25-16(4)28/h5-8,11,14-15,19H,9-10,12-13H2,1-4H3,(H,25,28). The topological polar surface area (TPSA) is 76.6 Å². The summed E-state index contributed by atoms with van der Waals surface area (Å²) in [5.41, 5.74) is 1.00. The third kappa shape index (κ3) is 5.81. The van der Waals surface area contributed by atoms with E-state index in [0.29, 0.717) is 25.6 Å². The van der Waals surface area contributed by atoms with E-state index in [0.717, 1.165) is 23.9 Å². The van der Waals surface area contributed by atoms with Crippen LogP contribution >= 0.6 is 0 Å². The van der Waals surface area contributed by atoms with Gasteiger partial charge in [0.05, 0.1) is 25.4 Å². The van der Waals surface area contributed by atoms with Gasteiger partial charge in [0.25, 0.3) is 0 Å². The molecule has 1 saturated heterocycles. The Morgan fingerprint density at radius 3 is 2.70 bits per heavy atom. The number of carbonyl (C=O) groups excluding carboxylic acids is 1. The zero-order valence-electron chi connectivity index (χ0n) is 17.9. The summed E-state index contributed by atoms with van der Waals surface area (Å²) in [5, 5.41) is 2.86. The predicted molar refractivity (Wildman–Crippen MR) is 112 cm³/mol. The Hall–Kier alpha value is -2.90. The van der Waals surface area contributed by atoms with E-state index in [-0.39, 0.29) is 29.9 Å². The van der Waals surface area contributed by atoms with E-state index in [2.05, 4.69) is 15.3 Å². The summed E-state index contributed by atoms with van der Waals surface area (Å²) < 4.78 is 25.9. The molecule has 0 radical (unpaired) electrons. The molecule has 30 heavy (non-hydrogen) atoms. The molecule has 7 nitrogen and oxygen atoms in total. The van der Waals surface area contributed by atoms with Crippen molar-refractivity contribution in [3.8, 4) is 11.8 Å². The lowest BCUT2D eigenvalue weighted by Gasteiger charge is -2.19. The molecule has 0 saturated carbocycles. The molecule has 1 aliphatic heterocycles. The number of rotatable bonds is 8. The lowest BCUT2D eigenvalue weighted by molar-refractivity contribution is -0.119. The van der Waals surface area contributed by atoms with Gasteiger partial charge in [-0.15, -0.1) is 0 Å². The summed E-state index contributed by atoms with van der Waals surface area (Å²) in [6.07, 6.45) is 1.84. The third-order valence-electron chi connectivity index (χ3n) is 4.80. The van der Waals surface area contributed by atoms with Gasteiger partial charge in [0.15, 0.2) is 11.6 Å². The number of hydrogen-bond donors (Lipinski definition) is 1. The first-order valence-electron chi connectivity index (χ1n) is 10.3. The Labute approximate surface area is 176 Å². The smallest absolute Gasteiger partial charge is 0.318 e. The summed E-state index contributed by atoms with van der Waals surface area (Å²) in [5.74, 6) is 0.783. The molecular weight excluding hydrogens is 387 g/mol. The highest BCUT2D eigenvalue weighted by atomic mass is 19.1. The summed E-state index contributed by atoms with van der Waals surface area (Å²) in [6, 6.07) is 7.77. The Morgan fingerprint density at radius 2 is 2.03 bits per heavy atom. The minimum atomic E-state index is -0.469. The number of carbonyl (C=O) groups is 1. The van der Waals surface area contributed by atoms with Crippen molar-refractivity contribution < 1.29 is 18.7 Å². The van der Waals surface area contributed by atoms with Crippen LogP contribution in [0.3, 0.4) is 0 Å². The van der Waals surface area contributed by atoms with Gasteiger partial charge in [-0.2, -0.15) is 4.98 Å². The first-order chi connectivity index (χ1) is 14.3. The van der Waals surface area contributed by atoms with E-state index >= 15 is 0 Å². The van der Waals surface area contributed by atoms with Crippen LogP contribution in [0.25, 0.3) is 0 Å². The van der Waals surface area contributed by atoms with Crippen molar-refractivity contribution in [3.05, 3.63) is 41.8 Å². The monoisotopic (exact) mass is 416 g/mol. The molecule has 2 unspecified atom stereocenters. The van der Waals surface area contributed by atoms with Crippen molar-refractivity contribution in [3.63, 3.8) is 0 Å². The van der Waals surface area contributed by atoms with Gasteiger partial charge in [0, 0.05) is 19.9 Å². The molecular formula is C22H29FN4O3. The molecule has 2 atom stereocenters. The molecule has 1 fully saturated rings. The van der Waals surface area contributed by atoms with Crippen LogP contribution in [0.15, 0.2) is 30.5 Å². The van der Waals surface area contributed by atoms with E-state index in [1.807, 2.05) is 49.9 Å². The van der Waals surface area contributed by atoms with Crippen molar-refractivity contribution in [2.45, 2.75) is 46.3 Å². The molecule has 1 aliphatic rings. The molecule has 162 valence electrons. The maximum absolute atomic E-state index is 14.3. The number of nitrogens with zero attached hydrogens (tertiary/aromatic N) is 3. The summed E-state index contributed by atoms with van der Waals surface area (Å²) in [6.45, 7) is 9.13. The van der Waals surface area contributed by atoms with Gasteiger partial charge in [-0.25, -0.2) is 9.37 Å². The van der Waals surface area contributed by atoms with Crippen molar-refractivity contribution in [2.24, 2.45) is 5.92 Å². The van der Waals surface area contributed by atoms with E-state index in [1.165, 1.54) is 6.92 Å². The number of nitrogens with one attached hydrogen (secondary N) is 1. The number of benzene rings is 1. The molecule has 8 heteroatoms. The van der Waals surface area contributed by atoms with E-state index in [9.17, 15) is 9.18 Å². The van der Waals surface area contributed by atoms with Crippen molar-refractivity contribution in [1.82, 2.24) is 15.3 Å². The summed E-state index contributed by atoms with van der Waals surface area (Å²) in [4.78, 5) is 21.2. The second-order valence-corrected chi connectivity index (χ2v) is 7.99. The molecule has 1 aromatic heterocycles. The van der Waals surface area contributed by atoms with Gasteiger partial charge in [-0.05, 0) is 30.5 Å². The molecule has 0 spiro atoms. The van der Waals surface area contributed by atoms with Crippen molar-refractivity contribution >= 4 is 11.7 Å². The number of aromatic nitrogens is 2. The SMILES string of the molecule is CC(=O)NC(C)c1ccc(OC2CCN(c3nc(OCC(C)C)ncc3F)C2)cc1. The molecule has 2 aromatic rings. The zero-order valence-corrected chi connectivity index (χ0v) is 17.9. The normalized spacial score (nSPS) is 17.1. The minimum absolute atomic E-state index is 0.0635. The lowest BCUT2D eigenvalue weighted by atomic mass is 10.1. The van der Waals surface area contributed by atoms with Gasteiger partial charge < -0.3 is 19.7 Å². The maximum atomic E-state index is 14.3. The first-order valence-corrected chi connectivity index (χ1v) is 10.3. The Bertz CT molecular complexity index is 860. The highest BCUT2D eigenvalue weighted by Gasteiger charge is 2.27. The third-order valence-corrected chi connectivity index (χ3v) is 4.80. The molecule has 0 aliphatic carbocycles. The van der Waals surface area contributed by atoms with Crippen molar-refractivity contribution in [1.29, 1.82) is 0 Å². The molecule has 1 amide bonds. The average molecular weight is 416 g/mol. The number of halogens is 1. The van der Waals surface area contributed by atoms with Crippen LogP contribution < -0.4 is 19.7 Å². The fourth-order valence-electron chi connectivity index (χ4n) is 3.31. The maximum Gasteiger partial charge on any atom is 0.318 e. The zero-order chi connectivity index (χ0) is 21.7. The largest absolute Gasteiger partial charge is 0.489 e. The molecule has 3 rings (SSSR count). The van der Waals surface area contributed by atoms with Gasteiger partial charge in [0.1, 0.15) is 11.9 Å². The Morgan fingerprint density at radius 1 is 1.30 bits per heavy atom. The molecule has 1 aromatic carbocycles. The molecule has 2 heterocycles. The molecule has 1 N–H and O–H groups in total. The second-order valence-electron chi connectivity index (χ2n) is 7.99. The van der Waals surface area contributed by atoms with Crippen LogP contribution in [0, 0.1) is 11.7 Å². The van der Waals surface area contributed by atoms with E-state index in [1.54, 1.807) is 0 Å². The number of amides is 1. The first kappa shape index (κ1) is 21.8. The van der Waals surface area contributed by atoms with Crippen LogP contribution in [0.2, 0.25) is 0 Å². The second kappa shape index (κ2) is 9.73. The van der Waals surface area contributed by atoms with Crippen molar-refractivity contribution in [2.75, 3.05) is 24.6 Å². The highest BCUT2D eigenvalue weighted by molar-refractivity contribution is 5.73. The fourth-order valence-corrected chi connectivity index (χ4v) is 3.31. The quantitative estimate of drug-likeness (QED) is 0.710. The summed E-state index contributed by atoms with van der Waals surface area (Å²) >= 11 is 0. The lowest BCUT2D eigenvalue weighted by Crippen LogP contribution is -2.26. The number of hydrogen-bond acceptors (Lipinski definition) is 6. The minimum Gasteiger partial charge on any atom is -0.489 e. The van der Waals surface area contributed by atoms with Crippen LogP contribution in [0.5, 0.6) is 11.8 Å². The highest BCUT2D eigenvalue weighted by Crippen LogP contribution is 2.26.